The van der Waals surface area contributed by atoms with Gasteiger partial charge in [0.15, 0.2) is 0 Å². The number of fused-ring (bicyclic) bond motifs is 10. The van der Waals surface area contributed by atoms with Gasteiger partial charge in [-0.15, -0.1) is 0 Å². The van der Waals surface area contributed by atoms with Crippen LogP contribution >= 0.6 is 0 Å². The van der Waals surface area contributed by atoms with E-state index in [4.69, 9.17) is 35.7 Å². The monoisotopic (exact) mass is 838 g/mol. The van der Waals surface area contributed by atoms with Gasteiger partial charge in [-0.2, -0.15) is 12.0 Å². The number of nitrogens with zero attached hydrogens (tertiary/aromatic N) is 2. The largest absolute Gasteiger partial charge is 2.00 e. The molecule has 15 nitrogen and oxygen atoms in total. The number of rotatable bonds is 4. The third-order valence-electron chi connectivity index (χ3n) is 9.80. The molecule has 7 aliphatic rings. The number of amides is 4. The Hall–Kier alpha value is -3.71. The third kappa shape index (κ3) is 7.89. The molecule has 7 rings (SSSR count). The molecule has 3 saturated carbocycles. The summed E-state index contributed by atoms with van der Waals surface area (Å²) in [5.41, 5.74) is 7.42. The van der Waals surface area contributed by atoms with E-state index in [9.17, 15) is 28.8 Å². The second-order valence-electron chi connectivity index (χ2n) is 12.6. The number of hydrogen-bond acceptors (Lipinski definition) is 8. The van der Waals surface area contributed by atoms with Crippen LogP contribution in [-0.2, 0) is 59.4 Å². The molecular formula is C31H37N3O12Pt. The molecule has 47 heavy (non-hydrogen) atoms. The Bertz CT molecular complexity index is 1220. The van der Waals surface area contributed by atoms with Gasteiger partial charge in [0.25, 0.3) is 0 Å². The van der Waals surface area contributed by atoms with Gasteiger partial charge in [0, 0.05) is 0 Å². The van der Waals surface area contributed by atoms with Gasteiger partial charge < -0.3 is 33.1 Å². The fraction of sp³-hybridized carbons (Fsp3) is 0.581. The first kappa shape index (κ1) is 37.7. The van der Waals surface area contributed by atoms with Crippen molar-refractivity contribution in [3.05, 3.63) is 37.0 Å². The zero-order chi connectivity index (χ0) is 34.0. The molecule has 2 saturated heterocycles. The fourth-order valence-corrected chi connectivity index (χ4v) is 7.72. The first-order valence-corrected chi connectivity index (χ1v) is 15.1. The van der Waals surface area contributed by atoms with E-state index in [1.54, 1.807) is 0 Å². The number of allylic oxidation sites excluding steroid dienone is 4. The topological polar surface area (TPSA) is 248 Å². The van der Waals surface area contributed by atoms with Gasteiger partial charge in [-0.3, -0.25) is 38.6 Å². The second-order valence-corrected chi connectivity index (χ2v) is 12.6. The average Bonchev–Trinajstić information content (AvgIpc) is 3.84. The molecule has 258 valence electrons. The second kappa shape index (κ2) is 15.5. The van der Waals surface area contributed by atoms with E-state index in [2.05, 4.69) is 6.92 Å². The molecule has 0 spiro atoms. The summed E-state index contributed by atoms with van der Waals surface area (Å²) in [5.74, 6) is -7.27. The van der Waals surface area contributed by atoms with Crippen LogP contribution in [0.2, 0.25) is 0 Å². The quantitative estimate of drug-likeness (QED) is 0.136. The first-order chi connectivity index (χ1) is 21.6. The number of hydrogen-bond donors (Lipinski definition) is 4. The van der Waals surface area contributed by atoms with E-state index in [0.717, 1.165) is 29.1 Å². The summed E-state index contributed by atoms with van der Waals surface area (Å²) in [4.78, 5) is 88.9. The molecule has 0 aromatic rings. The Kier molecular flexibility index (Phi) is 12.4. The number of carbonyl (C=O) groups is 8. The maximum atomic E-state index is 11.9. The molecule has 16 heteroatoms. The zero-order valence-electron chi connectivity index (χ0n) is 25.2. The summed E-state index contributed by atoms with van der Waals surface area (Å²) in [7, 11) is 0. The van der Waals surface area contributed by atoms with Gasteiger partial charge in [-0.1, -0.05) is 50.0 Å². The zero-order valence-corrected chi connectivity index (χ0v) is 27.5. The van der Waals surface area contributed by atoms with Crippen LogP contribution < -0.4 is 0 Å². The molecule has 0 aromatic carbocycles. The molecule has 2 aliphatic heterocycles. The molecule has 10 unspecified atom stereocenters. The van der Waals surface area contributed by atoms with Crippen LogP contribution in [-0.4, -0.2) is 96.9 Å². The van der Waals surface area contributed by atoms with Gasteiger partial charge in [0.1, 0.15) is 13.1 Å². The standard InChI is InChI=1S/2C11H11NO4.C7H13N.C2H2O4.Pt/c2*13-7(14)4-12-10(15)8-5-1-2-6(3-5)9(8)11(12)16;1-6-4-2-3-5-7(6)8;3-1(4)2(5)6;/h2*1-2,5-6,8-9H,3-4H2,(H,13,14);6-8H,1-5H2;(H,3,4)(H,5,6);/q;;-2;;+2. The van der Waals surface area contributed by atoms with Crippen LogP contribution in [0.1, 0.15) is 38.5 Å². The minimum Gasteiger partial charge on any atom is -0.677 e. The molecule has 5 aliphatic carbocycles. The Morgan fingerprint density at radius 3 is 1.15 bits per heavy atom. The number of imide groups is 2. The van der Waals surface area contributed by atoms with E-state index in [1.807, 2.05) is 24.3 Å². The van der Waals surface area contributed by atoms with Gasteiger partial charge in [0.05, 0.1) is 23.7 Å². The predicted octanol–water partition coefficient (Wildman–Crippen LogP) is 1.34. The van der Waals surface area contributed by atoms with Crippen molar-refractivity contribution in [2.24, 2.45) is 53.3 Å². The van der Waals surface area contributed by atoms with Crippen molar-refractivity contribution in [3.63, 3.8) is 0 Å². The summed E-state index contributed by atoms with van der Waals surface area (Å²) in [6.45, 7) is 2.90. The van der Waals surface area contributed by atoms with Crippen molar-refractivity contribution in [1.29, 1.82) is 0 Å². The van der Waals surface area contributed by atoms with E-state index in [1.165, 1.54) is 19.3 Å². The van der Waals surface area contributed by atoms with Crippen molar-refractivity contribution in [2.45, 2.75) is 44.6 Å². The van der Waals surface area contributed by atoms with Gasteiger partial charge in [-0.25, -0.2) is 9.59 Å². The normalized spacial score (nSPS) is 34.7. The molecule has 10 atom stereocenters. The van der Waals surface area contributed by atoms with Gasteiger partial charge in [0.2, 0.25) is 23.6 Å². The van der Waals surface area contributed by atoms with Crippen LogP contribution in [0, 0.1) is 60.2 Å². The van der Waals surface area contributed by atoms with Crippen LogP contribution in [0.15, 0.2) is 24.3 Å². The SMILES string of the molecule is O=C(O)C(=O)O.O=C(O)CN1C(=O)C2C3C=CC(C3)C2C1=O.O=C(O)CN1C(=O)C2C3C=CC(C3)C2C1=O.[CH2-]C1CCCCC1[NH-].[Pt+2]. The number of carbonyl (C=O) groups excluding carboxylic acids is 4. The summed E-state index contributed by atoms with van der Waals surface area (Å²) in [6, 6.07) is 0.142. The Labute approximate surface area is 284 Å². The predicted molar refractivity (Wildman–Crippen MR) is 155 cm³/mol. The molecule has 4 bridgehead atoms. The fourth-order valence-electron chi connectivity index (χ4n) is 7.72. The average molecular weight is 839 g/mol. The summed E-state index contributed by atoms with van der Waals surface area (Å²) >= 11 is 0. The van der Waals surface area contributed by atoms with Crippen molar-refractivity contribution in [2.75, 3.05) is 13.1 Å². The number of carboxylic acids is 4. The summed E-state index contributed by atoms with van der Waals surface area (Å²) in [6.07, 6.45) is 14.5. The van der Waals surface area contributed by atoms with Crippen molar-refractivity contribution in [1.82, 2.24) is 9.80 Å². The number of likely N-dealkylation sites (tertiary alicyclic amines) is 2. The van der Waals surface area contributed by atoms with Gasteiger partial charge >= 0.3 is 44.9 Å². The Morgan fingerprint density at radius 2 is 0.936 bits per heavy atom. The van der Waals surface area contributed by atoms with E-state index in [-0.39, 0.29) is 98.1 Å². The minimum absolute atomic E-state index is 0. The number of aliphatic carboxylic acids is 4. The smallest absolute Gasteiger partial charge is 0.677 e. The van der Waals surface area contributed by atoms with Crippen molar-refractivity contribution in [3.8, 4) is 0 Å². The van der Waals surface area contributed by atoms with E-state index < -0.39 is 37.0 Å². The molecule has 5 fully saturated rings. The minimum atomic E-state index is -1.82. The number of carboxylic acid groups (broad SMARTS) is 4. The molecular weight excluding hydrogens is 801 g/mol. The molecule has 0 radical (unpaired) electrons. The Morgan fingerprint density at radius 1 is 0.638 bits per heavy atom. The molecule has 4 amide bonds. The van der Waals surface area contributed by atoms with Crippen LogP contribution in [0.25, 0.3) is 5.73 Å². The van der Waals surface area contributed by atoms with E-state index >= 15 is 0 Å². The van der Waals surface area contributed by atoms with Crippen LogP contribution in [0.5, 0.6) is 0 Å². The van der Waals surface area contributed by atoms with E-state index in [0.29, 0.717) is 5.92 Å². The van der Waals surface area contributed by atoms with Crippen molar-refractivity contribution < 1.29 is 79.8 Å². The van der Waals surface area contributed by atoms with Gasteiger partial charge in [-0.05, 0) is 36.5 Å². The van der Waals surface area contributed by atoms with Crippen LogP contribution in [0.4, 0.5) is 0 Å². The molecule has 5 N–H and O–H groups in total. The third-order valence-corrected chi connectivity index (χ3v) is 9.80. The number of nitrogens with one attached hydrogen (secondary N) is 1. The Balaban J connectivity index is 0.000000182. The molecule has 2 heterocycles. The molecule has 0 aromatic heterocycles. The first-order valence-electron chi connectivity index (χ1n) is 15.1. The van der Waals surface area contributed by atoms with Crippen molar-refractivity contribution >= 4 is 47.5 Å². The maximum absolute atomic E-state index is 11.9. The summed E-state index contributed by atoms with van der Waals surface area (Å²) in [5, 5.41) is 32.1. The maximum Gasteiger partial charge on any atom is 2.00 e. The summed E-state index contributed by atoms with van der Waals surface area (Å²) < 4.78 is 0. The van der Waals surface area contributed by atoms with Crippen LogP contribution in [0.3, 0.4) is 0 Å².